The van der Waals surface area contributed by atoms with E-state index in [0.29, 0.717) is 42.2 Å². The van der Waals surface area contributed by atoms with Gasteiger partial charge in [0.15, 0.2) is 0 Å². The van der Waals surface area contributed by atoms with Crippen LogP contribution in [0, 0.1) is 0 Å². The van der Waals surface area contributed by atoms with Gasteiger partial charge < -0.3 is 24.8 Å². The van der Waals surface area contributed by atoms with E-state index in [9.17, 15) is 14.4 Å². The van der Waals surface area contributed by atoms with Crippen LogP contribution in [0.15, 0.2) is 41.8 Å². The van der Waals surface area contributed by atoms with Crippen molar-refractivity contribution in [2.24, 2.45) is 0 Å². The fourth-order valence-electron chi connectivity index (χ4n) is 4.98. The largest absolute Gasteiger partial charge is 0.497 e. The van der Waals surface area contributed by atoms with Crippen LogP contribution in [0.2, 0.25) is 0 Å². The number of methoxy groups -OCH3 is 1. The van der Waals surface area contributed by atoms with Crippen LogP contribution in [0.3, 0.4) is 0 Å². The number of ether oxygens (including phenoxy) is 1. The lowest BCUT2D eigenvalue weighted by Crippen LogP contribution is -2.53. The highest BCUT2D eigenvalue weighted by molar-refractivity contribution is 7.12. The summed E-state index contributed by atoms with van der Waals surface area (Å²) in [6.07, 6.45) is 2.37. The molecule has 1 saturated carbocycles. The molecule has 180 valence electrons. The van der Waals surface area contributed by atoms with Gasteiger partial charge in [0.1, 0.15) is 11.8 Å². The average molecular weight is 483 g/mol. The number of amides is 3. The Morgan fingerprint density at radius 2 is 1.79 bits per heavy atom. The van der Waals surface area contributed by atoms with E-state index in [1.54, 1.807) is 42.3 Å². The molecule has 2 unspecified atom stereocenters. The van der Waals surface area contributed by atoms with Gasteiger partial charge in [0.05, 0.1) is 18.0 Å². The topological polar surface area (TPSA) is 82.2 Å². The summed E-state index contributed by atoms with van der Waals surface area (Å²) in [6.45, 7) is 3.16. The minimum absolute atomic E-state index is 0.0125. The molecule has 3 amide bonds. The Kier molecular flexibility index (Phi) is 6.56. The molecule has 2 saturated heterocycles. The smallest absolute Gasteiger partial charge is 0.264 e. The van der Waals surface area contributed by atoms with Crippen molar-refractivity contribution in [2.75, 3.05) is 39.8 Å². The lowest BCUT2D eigenvalue weighted by atomic mass is 10.1. The summed E-state index contributed by atoms with van der Waals surface area (Å²) in [6, 6.07) is 10.2. The molecule has 1 aliphatic carbocycles. The lowest BCUT2D eigenvalue weighted by molar-refractivity contribution is -0.135. The van der Waals surface area contributed by atoms with Crippen LogP contribution in [0.4, 0.5) is 0 Å². The minimum atomic E-state index is -0.553. The maximum Gasteiger partial charge on any atom is 0.264 e. The predicted octanol–water partition coefficient (Wildman–Crippen LogP) is 2.08. The first-order valence-electron chi connectivity index (χ1n) is 11.9. The Morgan fingerprint density at radius 1 is 1.06 bits per heavy atom. The molecule has 2 aromatic rings. The van der Waals surface area contributed by atoms with Gasteiger partial charge in [0.2, 0.25) is 5.91 Å². The number of carbonyl (C=O) groups excluding carboxylic acids is 3. The number of benzene rings is 1. The third-order valence-corrected chi connectivity index (χ3v) is 7.75. The van der Waals surface area contributed by atoms with Crippen LogP contribution in [0.1, 0.15) is 39.3 Å². The molecule has 3 aliphatic rings. The van der Waals surface area contributed by atoms with Gasteiger partial charge in [-0.3, -0.25) is 14.4 Å². The van der Waals surface area contributed by atoms with Crippen LogP contribution < -0.4 is 10.1 Å². The third kappa shape index (κ3) is 4.54. The Balaban J connectivity index is 1.41. The van der Waals surface area contributed by atoms with Crippen molar-refractivity contribution >= 4 is 29.1 Å². The molecule has 5 rings (SSSR count). The molecule has 1 aromatic carbocycles. The highest BCUT2D eigenvalue weighted by Gasteiger charge is 2.48. The predicted molar refractivity (Wildman–Crippen MR) is 129 cm³/mol. The summed E-state index contributed by atoms with van der Waals surface area (Å²) >= 11 is 1.38. The fraction of sp³-hybridized carbons (Fsp3) is 0.480. The van der Waals surface area contributed by atoms with Crippen LogP contribution in [-0.2, 0) is 4.79 Å². The summed E-state index contributed by atoms with van der Waals surface area (Å²) in [4.78, 5) is 46.6. The van der Waals surface area contributed by atoms with E-state index >= 15 is 0 Å². The molecule has 34 heavy (non-hydrogen) atoms. The number of piperazine rings is 1. The van der Waals surface area contributed by atoms with Gasteiger partial charge in [-0.1, -0.05) is 6.07 Å². The fourth-order valence-corrected chi connectivity index (χ4v) is 5.66. The molecular weight excluding hydrogens is 452 g/mol. The minimum Gasteiger partial charge on any atom is -0.497 e. The quantitative estimate of drug-likeness (QED) is 0.682. The number of hydrogen-bond donors (Lipinski definition) is 1. The number of nitrogens with one attached hydrogen (secondary N) is 1. The van der Waals surface area contributed by atoms with Crippen molar-refractivity contribution < 1.29 is 19.1 Å². The van der Waals surface area contributed by atoms with Gasteiger partial charge in [-0.25, -0.2) is 0 Å². The summed E-state index contributed by atoms with van der Waals surface area (Å²) < 4.78 is 5.23. The first-order valence-corrected chi connectivity index (χ1v) is 12.8. The second-order valence-corrected chi connectivity index (χ2v) is 10.0. The van der Waals surface area contributed by atoms with Crippen LogP contribution in [0.25, 0.3) is 0 Å². The molecule has 2 aliphatic heterocycles. The number of hydrogen-bond acceptors (Lipinski definition) is 6. The van der Waals surface area contributed by atoms with Crippen molar-refractivity contribution in [3.63, 3.8) is 0 Å². The first kappa shape index (κ1) is 22.9. The summed E-state index contributed by atoms with van der Waals surface area (Å²) in [7, 11) is 1.60. The average Bonchev–Trinajstić information content (AvgIpc) is 3.37. The molecule has 3 heterocycles. The number of thiophene rings is 1. The first-order chi connectivity index (χ1) is 16.6. The molecule has 0 bridgehead atoms. The van der Waals surface area contributed by atoms with Gasteiger partial charge >= 0.3 is 0 Å². The molecule has 1 aromatic heterocycles. The summed E-state index contributed by atoms with van der Waals surface area (Å²) in [5.41, 5.74) is 0.598. The molecule has 3 fully saturated rings. The number of nitrogens with zero attached hydrogens (tertiary/aromatic N) is 3. The van der Waals surface area contributed by atoms with E-state index in [1.807, 2.05) is 21.2 Å². The zero-order valence-electron chi connectivity index (χ0n) is 19.3. The SMILES string of the molecule is COc1ccc(C(=O)N(C2CC2)C2CC(C(=O)N3CCNCC3)N(C(=O)c3cccs3)C2)cc1. The van der Waals surface area contributed by atoms with E-state index in [-0.39, 0.29) is 29.8 Å². The van der Waals surface area contributed by atoms with Crippen molar-refractivity contribution in [1.82, 2.24) is 20.0 Å². The highest BCUT2D eigenvalue weighted by Crippen LogP contribution is 2.36. The van der Waals surface area contributed by atoms with Gasteiger partial charge in [-0.2, -0.15) is 0 Å². The van der Waals surface area contributed by atoms with Gasteiger partial charge in [0.25, 0.3) is 11.8 Å². The zero-order valence-corrected chi connectivity index (χ0v) is 20.1. The van der Waals surface area contributed by atoms with E-state index in [4.69, 9.17) is 4.74 Å². The van der Waals surface area contributed by atoms with E-state index < -0.39 is 6.04 Å². The van der Waals surface area contributed by atoms with Gasteiger partial charge in [-0.15, -0.1) is 11.3 Å². The van der Waals surface area contributed by atoms with Crippen molar-refractivity contribution in [3.8, 4) is 5.75 Å². The molecule has 1 N–H and O–H groups in total. The van der Waals surface area contributed by atoms with Crippen molar-refractivity contribution in [3.05, 3.63) is 52.2 Å². The van der Waals surface area contributed by atoms with E-state index in [0.717, 1.165) is 25.9 Å². The summed E-state index contributed by atoms with van der Waals surface area (Å²) in [5, 5.41) is 5.15. The Bertz CT molecular complexity index is 1030. The lowest BCUT2D eigenvalue weighted by Gasteiger charge is -2.32. The van der Waals surface area contributed by atoms with Gasteiger partial charge in [-0.05, 0) is 55.0 Å². The van der Waals surface area contributed by atoms with E-state index in [1.165, 1.54) is 11.3 Å². The number of likely N-dealkylation sites (tertiary alicyclic amines) is 1. The van der Waals surface area contributed by atoms with Crippen molar-refractivity contribution in [2.45, 2.75) is 37.4 Å². The molecule has 2 atom stereocenters. The monoisotopic (exact) mass is 482 g/mol. The molecule has 9 heteroatoms. The van der Waals surface area contributed by atoms with Crippen LogP contribution in [0.5, 0.6) is 5.75 Å². The third-order valence-electron chi connectivity index (χ3n) is 6.89. The van der Waals surface area contributed by atoms with E-state index in [2.05, 4.69) is 5.32 Å². The second-order valence-electron chi connectivity index (χ2n) is 9.09. The molecule has 0 spiro atoms. The normalized spacial score (nSPS) is 22.5. The molecular formula is C25H30N4O4S. The standard InChI is InChI=1S/C25H30N4O4S/c1-33-20-8-4-17(5-9-20)23(30)29(18-6-7-18)19-15-21(24(31)27-12-10-26-11-13-27)28(16-19)25(32)22-3-2-14-34-22/h2-5,8-9,14,18-19,21,26H,6-7,10-13,15-16H2,1H3. The number of carbonyl (C=O) groups is 3. The zero-order chi connectivity index (χ0) is 23.7. The second kappa shape index (κ2) is 9.76. The Morgan fingerprint density at radius 3 is 2.41 bits per heavy atom. The maximum atomic E-state index is 13.6. The highest BCUT2D eigenvalue weighted by atomic mass is 32.1. The summed E-state index contributed by atoms with van der Waals surface area (Å²) in [5.74, 6) is 0.513. The number of rotatable bonds is 6. The van der Waals surface area contributed by atoms with Crippen LogP contribution in [-0.4, -0.2) is 90.4 Å². The Labute approximate surface area is 203 Å². The molecule has 8 nitrogen and oxygen atoms in total. The molecule has 0 radical (unpaired) electrons. The van der Waals surface area contributed by atoms with Crippen LogP contribution >= 0.6 is 11.3 Å². The maximum absolute atomic E-state index is 13.6. The van der Waals surface area contributed by atoms with Gasteiger partial charge in [0, 0.05) is 44.3 Å². The van der Waals surface area contributed by atoms with Crippen molar-refractivity contribution in [1.29, 1.82) is 0 Å². The Hall–Kier alpha value is -2.91.